The maximum Gasteiger partial charge on any atom is 0.375 e. The quantitative estimate of drug-likeness (QED) is 0.429. The highest BCUT2D eigenvalue weighted by molar-refractivity contribution is 6.38. The van der Waals surface area contributed by atoms with Crippen LogP contribution in [-0.4, -0.2) is 24.1 Å². The van der Waals surface area contributed by atoms with E-state index in [-0.39, 0.29) is 18.3 Å². The van der Waals surface area contributed by atoms with Crippen molar-refractivity contribution in [3.8, 4) is 0 Å². The first-order valence-electron chi connectivity index (χ1n) is 6.32. The molecule has 4 nitrogen and oxygen atoms in total. The van der Waals surface area contributed by atoms with Crippen molar-refractivity contribution in [3.63, 3.8) is 0 Å². The second-order valence-electron chi connectivity index (χ2n) is 4.58. The van der Waals surface area contributed by atoms with Crippen LogP contribution in [0.25, 0.3) is 0 Å². The summed E-state index contributed by atoms with van der Waals surface area (Å²) in [5, 5.41) is 0. The molecule has 0 heterocycles. The molecule has 0 aromatic carbocycles. The summed E-state index contributed by atoms with van der Waals surface area (Å²) >= 11 is 0. The zero-order valence-corrected chi connectivity index (χ0v) is 10.5. The number of Topliss-reactive ketones (excluding diaryl/α,β-unsaturated/α-hetero) is 2. The molecule has 0 aliphatic heterocycles. The van der Waals surface area contributed by atoms with Gasteiger partial charge in [-0.15, -0.1) is 0 Å². The zero-order valence-electron chi connectivity index (χ0n) is 10.5. The molecule has 17 heavy (non-hydrogen) atoms. The van der Waals surface area contributed by atoms with E-state index >= 15 is 0 Å². The summed E-state index contributed by atoms with van der Waals surface area (Å²) in [6.07, 6.45) is 4.16. The Balaban J connectivity index is 2.73. The van der Waals surface area contributed by atoms with E-state index in [1.807, 2.05) is 6.92 Å². The van der Waals surface area contributed by atoms with E-state index in [0.29, 0.717) is 6.42 Å². The third-order valence-electron chi connectivity index (χ3n) is 3.25. The SMILES string of the molecule is CCOC(=O)C(=O)C1CCCCCC(C)C1=O. The molecular weight excluding hydrogens is 220 g/mol. The van der Waals surface area contributed by atoms with Gasteiger partial charge >= 0.3 is 5.97 Å². The lowest BCUT2D eigenvalue weighted by molar-refractivity contribution is -0.157. The van der Waals surface area contributed by atoms with Crippen LogP contribution in [0.1, 0.15) is 46.0 Å². The van der Waals surface area contributed by atoms with Crippen molar-refractivity contribution in [2.75, 3.05) is 6.61 Å². The molecule has 0 amide bonds. The maximum absolute atomic E-state index is 12.0. The first kappa shape index (κ1) is 13.9. The van der Waals surface area contributed by atoms with Crippen LogP contribution in [0.3, 0.4) is 0 Å². The van der Waals surface area contributed by atoms with Gasteiger partial charge in [0.05, 0.1) is 12.5 Å². The third-order valence-corrected chi connectivity index (χ3v) is 3.25. The van der Waals surface area contributed by atoms with E-state index in [2.05, 4.69) is 4.74 Å². The summed E-state index contributed by atoms with van der Waals surface area (Å²) in [4.78, 5) is 35.2. The molecule has 0 aromatic rings. The molecule has 1 aliphatic rings. The molecule has 4 heteroatoms. The minimum Gasteiger partial charge on any atom is -0.460 e. The Morgan fingerprint density at radius 3 is 2.53 bits per heavy atom. The van der Waals surface area contributed by atoms with Crippen LogP contribution in [0, 0.1) is 11.8 Å². The minimum absolute atomic E-state index is 0.0947. The number of carbonyl (C=O) groups excluding carboxylic acids is 3. The largest absolute Gasteiger partial charge is 0.460 e. The van der Waals surface area contributed by atoms with Crippen molar-refractivity contribution in [1.29, 1.82) is 0 Å². The molecule has 1 saturated carbocycles. The highest BCUT2D eigenvalue weighted by atomic mass is 16.5. The lowest BCUT2D eigenvalue weighted by Gasteiger charge is -2.21. The van der Waals surface area contributed by atoms with Crippen molar-refractivity contribution >= 4 is 17.5 Å². The van der Waals surface area contributed by atoms with E-state index in [1.54, 1.807) is 6.92 Å². The summed E-state index contributed by atoms with van der Waals surface area (Å²) in [5.41, 5.74) is 0. The van der Waals surface area contributed by atoms with Crippen molar-refractivity contribution in [1.82, 2.24) is 0 Å². The van der Waals surface area contributed by atoms with Crippen LogP contribution >= 0.6 is 0 Å². The number of carbonyl (C=O) groups is 3. The number of ether oxygens (including phenoxy) is 1. The van der Waals surface area contributed by atoms with Gasteiger partial charge in [-0.25, -0.2) is 4.79 Å². The van der Waals surface area contributed by atoms with Crippen molar-refractivity contribution < 1.29 is 19.1 Å². The average Bonchev–Trinajstić information content (AvgIpc) is 2.30. The molecule has 1 aliphatic carbocycles. The molecule has 2 unspecified atom stereocenters. The summed E-state index contributed by atoms with van der Waals surface area (Å²) in [6, 6.07) is 0. The number of hydrogen-bond acceptors (Lipinski definition) is 4. The van der Waals surface area contributed by atoms with Crippen LogP contribution in [0.4, 0.5) is 0 Å². The van der Waals surface area contributed by atoms with Crippen LogP contribution in [-0.2, 0) is 19.1 Å². The molecule has 1 rings (SSSR count). The average molecular weight is 240 g/mol. The van der Waals surface area contributed by atoms with Crippen molar-refractivity contribution in [3.05, 3.63) is 0 Å². The first-order valence-corrected chi connectivity index (χ1v) is 6.32. The Hall–Kier alpha value is -1.19. The Morgan fingerprint density at radius 2 is 1.88 bits per heavy atom. The Kier molecular flexibility index (Phi) is 5.32. The third kappa shape index (κ3) is 3.65. The number of hydrogen-bond donors (Lipinski definition) is 0. The van der Waals surface area contributed by atoms with E-state index in [4.69, 9.17) is 0 Å². The lowest BCUT2D eigenvalue weighted by Crippen LogP contribution is -2.35. The lowest BCUT2D eigenvalue weighted by atomic mass is 9.82. The fraction of sp³-hybridized carbons (Fsp3) is 0.769. The van der Waals surface area contributed by atoms with Crippen LogP contribution in [0.15, 0.2) is 0 Å². The molecule has 0 bridgehead atoms. The van der Waals surface area contributed by atoms with Crippen molar-refractivity contribution in [2.45, 2.75) is 46.0 Å². The van der Waals surface area contributed by atoms with Crippen LogP contribution < -0.4 is 0 Å². The topological polar surface area (TPSA) is 60.4 Å². The molecule has 1 fully saturated rings. The molecule has 0 spiro atoms. The predicted molar refractivity (Wildman–Crippen MR) is 62.4 cm³/mol. The Bertz CT molecular complexity index is 309. The second-order valence-corrected chi connectivity index (χ2v) is 4.58. The molecule has 0 N–H and O–H groups in total. The highest BCUT2D eigenvalue weighted by Crippen LogP contribution is 2.24. The number of rotatable bonds is 3. The van der Waals surface area contributed by atoms with Gasteiger partial charge in [0.1, 0.15) is 5.78 Å². The highest BCUT2D eigenvalue weighted by Gasteiger charge is 2.35. The summed E-state index contributed by atoms with van der Waals surface area (Å²) < 4.78 is 4.67. The van der Waals surface area contributed by atoms with Gasteiger partial charge in [-0.1, -0.05) is 26.2 Å². The number of esters is 1. The van der Waals surface area contributed by atoms with E-state index in [1.165, 1.54) is 0 Å². The predicted octanol–water partition coefficient (Wildman–Crippen LogP) is 1.90. The van der Waals surface area contributed by atoms with Crippen molar-refractivity contribution in [2.24, 2.45) is 11.8 Å². The monoisotopic (exact) mass is 240 g/mol. The molecular formula is C13H20O4. The fourth-order valence-electron chi connectivity index (χ4n) is 2.21. The van der Waals surface area contributed by atoms with E-state index in [9.17, 15) is 14.4 Å². The number of ketones is 2. The van der Waals surface area contributed by atoms with Gasteiger partial charge < -0.3 is 4.74 Å². The fourth-order valence-corrected chi connectivity index (χ4v) is 2.21. The molecule has 0 radical (unpaired) electrons. The van der Waals surface area contributed by atoms with Crippen LogP contribution in [0.5, 0.6) is 0 Å². The smallest absolute Gasteiger partial charge is 0.375 e. The van der Waals surface area contributed by atoms with Gasteiger partial charge in [-0.05, 0) is 19.8 Å². The van der Waals surface area contributed by atoms with E-state index < -0.39 is 17.7 Å². The van der Waals surface area contributed by atoms with Gasteiger partial charge in [0.25, 0.3) is 0 Å². The summed E-state index contributed by atoms with van der Waals surface area (Å²) in [6.45, 7) is 3.65. The molecule has 2 atom stereocenters. The van der Waals surface area contributed by atoms with Gasteiger partial charge in [0.15, 0.2) is 0 Å². The first-order chi connectivity index (χ1) is 8.07. The van der Waals surface area contributed by atoms with Gasteiger partial charge in [-0.3, -0.25) is 9.59 Å². The summed E-state index contributed by atoms with van der Waals surface area (Å²) in [5.74, 6) is -2.52. The van der Waals surface area contributed by atoms with E-state index in [0.717, 1.165) is 25.7 Å². The Morgan fingerprint density at radius 1 is 1.24 bits per heavy atom. The van der Waals surface area contributed by atoms with Gasteiger partial charge in [0, 0.05) is 5.92 Å². The minimum atomic E-state index is -0.862. The standard InChI is InChI=1S/C13H20O4/c1-3-17-13(16)12(15)10-8-6-4-5-7-9(2)11(10)14/h9-10H,3-8H2,1-2H3. The van der Waals surface area contributed by atoms with Gasteiger partial charge in [0.2, 0.25) is 5.78 Å². The molecule has 0 aromatic heterocycles. The molecule has 0 saturated heterocycles. The van der Waals surface area contributed by atoms with Gasteiger partial charge in [-0.2, -0.15) is 0 Å². The maximum atomic E-state index is 12.0. The Labute approximate surface area is 102 Å². The summed E-state index contributed by atoms with van der Waals surface area (Å²) in [7, 11) is 0. The second kappa shape index (κ2) is 6.52. The normalized spacial score (nSPS) is 25.9. The molecule has 96 valence electrons. The van der Waals surface area contributed by atoms with Crippen LogP contribution in [0.2, 0.25) is 0 Å². The zero-order chi connectivity index (χ0) is 12.8.